The van der Waals surface area contributed by atoms with E-state index in [0.717, 1.165) is 11.9 Å². The number of hydrogen-bond donors (Lipinski definition) is 1. The van der Waals surface area contributed by atoms with Crippen molar-refractivity contribution in [3.05, 3.63) is 40.7 Å². The predicted octanol–water partition coefficient (Wildman–Crippen LogP) is 2.48. The second kappa shape index (κ2) is 6.94. The maximum atomic E-state index is 12.2. The lowest BCUT2D eigenvalue weighted by atomic mass is 9.86. The third-order valence-corrected chi connectivity index (χ3v) is 4.77. The lowest BCUT2D eigenvalue weighted by Crippen LogP contribution is -2.41. The second-order valence-corrected chi connectivity index (χ2v) is 6.43. The highest BCUT2D eigenvalue weighted by atomic mass is 16.1. The normalized spacial score (nSPS) is 21.3. The number of nitrogens with zero attached hydrogens (tertiary/aromatic N) is 2. The van der Waals surface area contributed by atoms with E-state index in [-0.39, 0.29) is 11.3 Å². The van der Waals surface area contributed by atoms with E-state index in [2.05, 4.69) is 17.3 Å². The Bertz CT molecular complexity index is 753. The fourth-order valence-corrected chi connectivity index (χ4v) is 3.36. The molecule has 122 valence electrons. The number of carbonyl (C=O) groups excluding carboxylic acids is 1. The van der Waals surface area contributed by atoms with Crippen LogP contribution in [-0.2, 0) is 11.3 Å². The third kappa shape index (κ3) is 3.60. The van der Waals surface area contributed by atoms with E-state index in [1.807, 2.05) is 18.2 Å². The Balaban J connectivity index is 1.65. The van der Waals surface area contributed by atoms with Gasteiger partial charge in [0.25, 0.3) is 0 Å². The van der Waals surface area contributed by atoms with Gasteiger partial charge in [-0.1, -0.05) is 31.9 Å². The molecule has 2 unspecified atom stereocenters. The number of nitrogens with one attached hydrogen (secondary N) is 1. The first kappa shape index (κ1) is 15.7. The molecule has 0 aliphatic heterocycles. The molecule has 2 atom stereocenters. The van der Waals surface area contributed by atoms with Gasteiger partial charge in [0.1, 0.15) is 0 Å². The molecule has 1 heterocycles. The van der Waals surface area contributed by atoms with Crippen molar-refractivity contribution in [3.8, 4) is 0 Å². The first-order valence-electron chi connectivity index (χ1n) is 8.39. The SMILES string of the molecule is CC1CCCCC1NC(=O)CCn1ncc(=O)c2ccccc21. The predicted molar refractivity (Wildman–Crippen MR) is 90.2 cm³/mol. The molecule has 0 spiro atoms. The molecule has 23 heavy (non-hydrogen) atoms. The zero-order valence-electron chi connectivity index (χ0n) is 13.5. The smallest absolute Gasteiger partial charge is 0.222 e. The van der Waals surface area contributed by atoms with Gasteiger partial charge in [0, 0.05) is 17.8 Å². The number of para-hydroxylation sites is 1. The molecule has 0 saturated heterocycles. The molecule has 1 saturated carbocycles. The van der Waals surface area contributed by atoms with Crippen molar-refractivity contribution in [2.45, 2.75) is 51.6 Å². The van der Waals surface area contributed by atoms with E-state index < -0.39 is 0 Å². The third-order valence-electron chi connectivity index (χ3n) is 4.77. The van der Waals surface area contributed by atoms with Crippen LogP contribution in [0.25, 0.3) is 10.9 Å². The van der Waals surface area contributed by atoms with E-state index in [0.29, 0.717) is 30.3 Å². The summed E-state index contributed by atoms with van der Waals surface area (Å²) >= 11 is 0. The molecular weight excluding hydrogens is 290 g/mol. The number of hydrogen-bond acceptors (Lipinski definition) is 3. The number of aryl methyl sites for hydroxylation is 1. The highest BCUT2D eigenvalue weighted by molar-refractivity contribution is 5.79. The number of amides is 1. The Kier molecular flexibility index (Phi) is 4.74. The molecule has 2 aromatic rings. The van der Waals surface area contributed by atoms with Crippen LogP contribution in [0.3, 0.4) is 0 Å². The summed E-state index contributed by atoms with van der Waals surface area (Å²) in [6.45, 7) is 2.69. The van der Waals surface area contributed by atoms with Gasteiger partial charge in [0.05, 0.1) is 18.3 Å². The maximum Gasteiger partial charge on any atom is 0.222 e. The number of fused-ring (bicyclic) bond motifs is 1. The van der Waals surface area contributed by atoms with Gasteiger partial charge in [-0.05, 0) is 30.9 Å². The first-order valence-corrected chi connectivity index (χ1v) is 8.39. The minimum atomic E-state index is -0.0858. The topological polar surface area (TPSA) is 64.0 Å². The molecule has 1 N–H and O–H groups in total. The van der Waals surface area contributed by atoms with Gasteiger partial charge < -0.3 is 5.32 Å². The summed E-state index contributed by atoms with van der Waals surface area (Å²) < 4.78 is 1.74. The Morgan fingerprint density at radius 2 is 2.09 bits per heavy atom. The molecule has 0 radical (unpaired) electrons. The van der Waals surface area contributed by atoms with Gasteiger partial charge in [0.15, 0.2) is 0 Å². The average molecular weight is 313 g/mol. The molecule has 0 bridgehead atoms. The number of benzene rings is 1. The van der Waals surface area contributed by atoms with Gasteiger partial charge in [-0.25, -0.2) is 0 Å². The van der Waals surface area contributed by atoms with Gasteiger partial charge in [-0.3, -0.25) is 14.3 Å². The molecular formula is C18H23N3O2. The van der Waals surface area contributed by atoms with Gasteiger partial charge >= 0.3 is 0 Å². The first-order chi connectivity index (χ1) is 11.1. The molecule has 1 amide bonds. The van der Waals surface area contributed by atoms with Crippen molar-refractivity contribution in [3.63, 3.8) is 0 Å². The van der Waals surface area contributed by atoms with Crippen LogP contribution >= 0.6 is 0 Å². The largest absolute Gasteiger partial charge is 0.353 e. The van der Waals surface area contributed by atoms with Crippen molar-refractivity contribution in [1.29, 1.82) is 0 Å². The maximum absolute atomic E-state index is 12.2. The van der Waals surface area contributed by atoms with Crippen molar-refractivity contribution < 1.29 is 4.79 Å². The van der Waals surface area contributed by atoms with Crippen LogP contribution in [0.1, 0.15) is 39.0 Å². The summed E-state index contributed by atoms with van der Waals surface area (Å²) in [5, 5.41) is 7.96. The molecule has 5 nitrogen and oxygen atoms in total. The van der Waals surface area contributed by atoms with Gasteiger partial charge in [-0.2, -0.15) is 5.10 Å². The van der Waals surface area contributed by atoms with Crippen LogP contribution in [0, 0.1) is 5.92 Å². The summed E-state index contributed by atoms with van der Waals surface area (Å²) in [6, 6.07) is 7.68. The van der Waals surface area contributed by atoms with Crippen molar-refractivity contribution in [2.24, 2.45) is 5.92 Å². The van der Waals surface area contributed by atoms with E-state index in [1.165, 1.54) is 25.5 Å². The summed E-state index contributed by atoms with van der Waals surface area (Å²) in [7, 11) is 0. The Morgan fingerprint density at radius 1 is 1.30 bits per heavy atom. The molecule has 1 aliphatic rings. The summed E-state index contributed by atoms with van der Waals surface area (Å²) in [5.41, 5.74) is 0.691. The highest BCUT2D eigenvalue weighted by Gasteiger charge is 2.22. The van der Waals surface area contributed by atoms with Crippen molar-refractivity contribution in [1.82, 2.24) is 15.1 Å². The van der Waals surface area contributed by atoms with Crippen LogP contribution in [0.2, 0.25) is 0 Å². The lowest BCUT2D eigenvalue weighted by molar-refractivity contribution is -0.122. The minimum Gasteiger partial charge on any atom is -0.353 e. The van der Waals surface area contributed by atoms with E-state index in [9.17, 15) is 9.59 Å². The Labute approximate surface area is 135 Å². The van der Waals surface area contributed by atoms with E-state index >= 15 is 0 Å². The molecule has 3 rings (SSSR count). The Hall–Kier alpha value is -2.17. The fourth-order valence-electron chi connectivity index (χ4n) is 3.36. The standard InChI is InChI=1S/C18H23N3O2/c1-13-6-2-4-8-15(13)20-18(23)10-11-21-16-9-5-3-7-14(16)17(22)12-19-21/h3,5,7,9,12-13,15H,2,4,6,8,10-11H2,1H3,(H,20,23). The lowest BCUT2D eigenvalue weighted by Gasteiger charge is -2.29. The quantitative estimate of drug-likeness (QED) is 0.943. The van der Waals surface area contributed by atoms with E-state index in [1.54, 1.807) is 10.7 Å². The number of rotatable bonds is 4. The van der Waals surface area contributed by atoms with Crippen molar-refractivity contribution >= 4 is 16.8 Å². The number of aromatic nitrogens is 2. The van der Waals surface area contributed by atoms with Crippen LogP contribution in [-0.4, -0.2) is 21.7 Å². The molecule has 5 heteroatoms. The monoisotopic (exact) mass is 313 g/mol. The summed E-state index contributed by atoms with van der Waals surface area (Å²) in [5.74, 6) is 0.618. The summed E-state index contributed by atoms with van der Waals surface area (Å²) in [6.07, 6.45) is 6.43. The average Bonchev–Trinajstić information content (AvgIpc) is 2.57. The van der Waals surface area contributed by atoms with Gasteiger partial charge in [-0.15, -0.1) is 0 Å². The van der Waals surface area contributed by atoms with Crippen LogP contribution in [0.5, 0.6) is 0 Å². The van der Waals surface area contributed by atoms with Crippen molar-refractivity contribution in [2.75, 3.05) is 0 Å². The molecule has 1 fully saturated rings. The summed E-state index contributed by atoms with van der Waals surface area (Å²) in [4.78, 5) is 24.0. The second-order valence-electron chi connectivity index (χ2n) is 6.43. The number of carbonyl (C=O) groups is 1. The Morgan fingerprint density at radius 3 is 2.91 bits per heavy atom. The van der Waals surface area contributed by atoms with Crippen LogP contribution in [0.15, 0.2) is 35.3 Å². The fraction of sp³-hybridized carbons (Fsp3) is 0.500. The van der Waals surface area contributed by atoms with Crippen LogP contribution in [0.4, 0.5) is 0 Å². The van der Waals surface area contributed by atoms with Gasteiger partial charge in [0.2, 0.25) is 11.3 Å². The zero-order valence-corrected chi connectivity index (χ0v) is 13.5. The van der Waals surface area contributed by atoms with Crippen LogP contribution < -0.4 is 10.7 Å². The molecule has 1 aliphatic carbocycles. The molecule has 1 aromatic heterocycles. The zero-order chi connectivity index (χ0) is 16.2. The van der Waals surface area contributed by atoms with E-state index in [4.69, 9.17) is 0 Å². The minimum absolute atomic E-state index is 0.0633. The highest BCUT2D eigenvalue weighted by Crippen LogP contribution is 2.23. The molecule has 1 aromatic carbocycles.